The molecule has 38 heavy (non-hydrogen) atoms. The van der Waals surface area contributed by atoms with Crippen molar-refractivity contribution < 1.29 is 19.2 Å². The Morgan fingerprint density at radius 3 is 2.32 bits per heavy atom. The Balaban J connectivity index is 1.32. The van der Waals surface area contributed by atoms with E-state index in [9.17, 15) is 24.5 Å². The standard InChI is InChI=1S/C27H19N3O6S2/c31-25-21-20(16-6-12-19(13-7-16)36-14-15-4-2-1-3-5-15)22-24(28-27(33)38-22)37-23(21)26(32)29(25)17-8-10-18(11-9-17)30(34)35/h1-13,20-21,23H,14H2,(H,28,33)/t20-,21?,23?/m1/s1. The van der Waals surface area contributed by atoms with Gasteiger partial charge < -0.3 is 9.72 Å². The highest BCUT2D eigenvalue weighted by molar-refractivity contribution is 8.00. The van der Waals surface area contributed by atoms with Gasteiger partial charge in [-0.25, -0.2) is 4.90 Å². The number of amides is 2. The number of hydrogen-bond acceptors (Lipinski definition) is 8. The molecule has 0 bridgehead atoms. The highest BCUT2D eigenvalue weighted by atomic mass is 32.2. The number of fused-ring (bicyclic) bond motifs is 2. The van der Waals surface area contributed by atoms with Crippen LogP contribution in [0.15, 0.2) is 88.7 Å². The molecule has 1 fully saturated rings. The van der Waals surface area contributed by atoms with Crippen molar-refractivity contribution in [3.63, 3.8) is 0 Å². The lowest BCUT2D eigenvalue weighted by Gasteiger charge is -2.29. The molecule has 3 atom stereocenters. The lowest BCUT2D eigenvalue weighted by molar-refractivity contribution is -0.384. The van der Waals surface area contributed by atoms with E-state index in [4.69, 9.17) is 4.74 Å². The van der Waals surface area contributed by atoms with Crippen LogP contribution in [-0.2, 0) is 16.2 Å². The van der Waals surface area contributed by atoms with Gasteiger partial charge in [-0.3, -0.25) is 24.5 Å². The van der Waals surface area contributed by atoms with Crippen LogP contribution in [0.4, 0.5) is 11.4 Å². The number of non-ortho nitro benzene ring substituents is 1. The monoisotopic (exact) mass is 545 g/mol. The van der Waals surface area contributed by atoms with E-state index in [-0.39, 0.29) is 16.2 Å². The van der Waals surface area contributed by atoms with Gasteiger partial charge in [0.2, 0.25) is 11.8 Å². The first-order valence-corrected chi connectivity index (χ1v) is 13.4. The van der Waals surface area contributed by atoms with Gasteiger partial charge in [-0.2, -0.15) is 0 Å². The number of nitrogens with one attached hydrogen (secondary N) is 1. The zero-order valence-corrected chi connectivity index (χ0v) is 21.2. The second-order valence-corrected chi connectivity index (χ2v) is 11.0. The summed E-state index contributed by atoms with van der Waals surface area (Å²) in [5, 5.41) is 10.9. The van der Waals surface area contributed by atoms with E-state index in [1.165, 1.54) is 36.0 Å². The quantitative estimate of drug-likeness (QED) is 0.211. The number of imide groups is 1. The van der Waals surface area contributed by atoms with Crippen molar-refractivity contribution in [3.8, 4) is 5.75 Å². The minimum atomic E-state index is -0.741. The van der Waals surface area contributed by atoms with Crippen molar-refractivity contribution in [1.29, 1.82) is 0 Å². The van der Waals surface area contributed by atoms with Gasteiger partial charge in [0.1, 0.15) is 17.6 Å². The number of carbonyl (C=O) groups is 2. The summed E-state index contributed by atoms with van der Waals surface area (Å²) in [7, 11) is 0. The highest BCUT2D eigenvalue weighted by Gasteiger charge is 2.56. The highest BCUT2D eigenvalue weighted by Crippen LogP contribution is 2.53. The minimum absolute atomic E-state index is 0.133. The maximum absolute atomic E-state index is 13.7. The molecule has 2 aliphatic heterocycles. The van der Waals surface area contributed by atoms with Crippen LogP contribution in [0.2, 0.25) is 0 Å². The molecule has 2 unspecified atom stereocenters. The molecule has 1 aromatic heterocycles. The first kappa shape index (κ1) is 24.1. The number of thiazole rings is 1. The van der Waals surface area contributed by atoms with Crippen LogP contribution in [0.3, 0.4) is 0 Å². The Labute approximate surface area is 224 Å². The zero-order valence-electron chi connectivity index (χ0n) is 19.6. The minimum Gasteiger partial charge on any atom is -0.489 e. The van der Waals surface area contributed by atoms with E-state index in [0.29, 0.717) is 22.3 Å². The van der Waals surface area contributed by atoms with Gasteiger partial charge in [-0.15, -0.1) is 0 Å². The molecule has 11 heteroatoms. The molecule has 6 rings (SSSR count). The predicted octanol–water partition coefficient (Wildman–Crippen LogP) is 4.72. The molecule has 2 aliphatic rings. The molecule has 0 spiro atoms. The number of benzene rings is 3. The van der Waals surface area contributed by atoms with Crippen LogP contribution < -0.4 is 14.5 Å². The molecule has 0 saturated carbocycles. The summed E-state index contributed by atoms with van der Waals surface area (Å²) in [5.74, 6) is -1.41. The molecule has 9 nitrogen and oxygen atoms in total. The smallest absolute Gasteiger partial charge is 0.305 e. The van der Waals surface area contributed by atoms with Crippen molar-refractivity contribution in [2.24, 2.45) is 5.92 Å². The number of aromatic amines is 1. The molecule has 1 saturated heterocycles. The summed E-state index contributed by atoms with van der Waals surface area (Å²) >= 11 is 2.22. The van der Waals surface area contributed by atoms with E-state index in [1.54, 1.807) is 0 Å². The number of nitro benzene ring substituents is 1. The topological polar surface area (TPSA) is 123 Å². The predicted molar refractivity (Wildman–Crippen MR) is 143 cm³/mol. The van der Waals surface area contributed by atoms with Gasteiger partial charge in [0.15, 0.2) is 0 Å². The molecule has 3 heterocycles. The third-order valence-electron chi connectivity index (χ3n) is 6.63. The average Bonchev–Trinajstić information content (AvgIpc) is 3.42. The molecule has 2 amide bonds. The number of nitro groups is 1. The molecule has 0 aliphatic carbocycles. The first-order valence-electron chi connectivity index (χ1n) is 11.7. The van der Waals surface area contributed by atoms with E-state index < -0.39 is 33.8 Å². The molecule has 190 valence electrons. The fourth-order valence-corrected chi connectivity index (χ4v) is 7.38. The fraction of sp³-hybridized carbons (Fsp3) is 0.148. The number of rotatable bonds is 6. The molecule has 0 radical (unpaired) electrons. The Bertz CT molecular complexity index is 1600. The van der Waals surface area contributed by atoms with Gasteiger partial charge in [-0.05, 0) is 35.4 Å². The average molecular weight is 546 g/mol. The summed E-state index contributed by atoms with van der Waals surface area (Å²) < 4.78 is 5.90. The Morgan fingerprint density at radius 1 is 0.921 bits per heavy atom. The Hall–Kier alpha value is -4.22. The van der Waals surface area contributed by atoms with Crippen molar-refractivity contribution >= 4 is 46.3 Å². The van der Waals surface area contributed by atoms with Crippen molar-refractivity contribution in [2.45, 2.75) is 22.8 Å². The maximum atomic E-state index is 13.7. The molecular formula is C27H19N3O6S2. The number of nitrogens with zero attached hydrogens (tertiary/aromatic N) is 2. The lowest BCUT2D eigenvalue weighted by atomic mass is 9.83. The number of thioether (sulfide) groups is 1. The van der Waals surface area contributed by atoms with Gasteiger partial charge in [0.25, 0.3) is 5.69 Å². The van der Waals surface area contributed by atoms with Crippen molar-refractivity contribution in [3.05, 3.63) is 115 Å². The van der Waals surface area contributed by atoms with Crippen LogP contribution in [0, 0.1) is 16.0 Å². The Kier molecular flexibility index (Phi) is 6.09. The normalized spacial score (nSPS) is 20.2. The number of ether oxygens (including phenoxy) is 1. The number of hydrogen-bond donors (Lipinski definition) is 1. The van der Waals surface area contributed by atoms with Gasteiger partial charge >= 0.3 is 4.87 Å². The Morgan fingerprint density at radius 2 is 1.63 bits per heavy atom. The van der Waals surface area contributed by atoms with Crippen LogP contribution in [0.25, 0.3) is 0 Å². The van der Waals surface area contributed by atoms with Crippen LogP contribution in [0.1, 0.15) is 21.9 Å². The first-order chi connectivity index (χ1) is 18.4. The van der Waals surface area contributed by atoms with Crippen LogP contribution in [0.5, 0.6) is 5.75 Å². The summed E-state index contributed by atoms with van der Waals surface area (Å²) in [5.41, 5.74) is 1.97. The second kappa shape index (κ2) is 9.58. The summed E-state index contributed by atoms with van der Waals surface area (Å²) in [4.78, 5) is 54.4. The second-order valence-electron chi connectivity index (χ2n) is 8.88. The van der Waals surface area contributed by atoms with Gasteiger partial charge in [0.05, 0.1) is 21.6 Å². The number of aromatic nitrogens is 1. The van der Waals surface area contributed by atoms with Crippen LogP contribution in [-0.4, -0.2) is 27.0 Å². The summed E-state index contributed by atoms with van der Waals surface area (Å²) in [6.45, 7) is 0.408. The van der Waals surface area contributed by atoms with E-state index in [1.807, 2.05) is 54.6 Å². The third kappa shape index (κ3) is 4.19. The molecule has 1 N–H and O–H groups in total. The van der Waals surface area contributed by atoms with Gasteiger partial charge in [-0.1, -0.05) is 65.6 Å². The van der Waals surface area contributed by atoms with E-state index in [2.05, 4.69) is 4.98 Å². The molecular weight excluding hydrogens is 526 g/mol. The van der Waals surface area contributed by atoms with Crippen molar-refractivity contribution in [2.75, 3.05) is 4.90 Å². The zero-order chi connectivity index (χ0) is 26.4. The van der Waals surface area contributed by atoms with Gasteiger partial charge in [0, 0.05) is 22.9 Å². The van der Waals surface area contributed by atoms with Crippen LogP contribution >= 0.6 is 23.1 Å². The van der Waals surface area contributed by atoms with E-state index >= 15 is 0 Å². The lowest BCUT2D eigenvalue weighted by Crippen LogP contribution is -2.32. The summed E-state index contributed by atoms with van der Waals surface area (Å²) in [6.07, 6.45) is 0. The number of anilines is 1. The SMILES string of the molecule is O=C1C2Sc3[nH]c(=O)sc3[C@H](c3ccc(OCc4ccccc4)cc3)C2C(=O)N1c1ccc([N+](=O)[O-])cc1. The molecule has 4 aromatic rings. The van der Waals surface area contributed by atoms with E-state index in [0.717, 1.165) is 27.4 Å². The third-order valence-corrected chi connectivity index (χ3v) is 9.03. The largest absolute Gasteiger partial charge is 0.489 e. The maximum Gasteiger partial charge on any atom is 0.305 e. The fourth-order valence-electron chi connectivity index (χ4n) is 4.87. The molecule has 3 aromatic carbocycles. The number of H-pyrrole nitrogens is 1. The van der Waals surface area contributed by atoms with Crippen molar-refractivity contribution in [1.82, 2.24) is 4.98 Å². The summed E-state index contributed by atoms with van der Waals surface area (Å²) in [6, 6.07) is 22.5. The number of carbonyl (C=O) groups excluding carboxylic acids is 2.